The molecule has 0 spiro atoms. The molecule has 0 N–H and O–H groups in total. The van der Waals surface area contributed by atoms with Crippen LogP contribution in [-0.4, -0.2) is 13.1 Å². The molecule has 27 heavy (non-hydrogen) atoms. The second-order valence-electron chi connectivity index (χ2n) is 6.21. The normalized spacial score (nSPS) is 10.8. The summed E-state index contributed by atoms with van der Waals surface area (Å²) in [4.78, 5) is 23.1. The number of para-hydroxylation sites is 1. The van der Waals surface area contributed by atoms with Gasteiger partial charge >= 0.3 is 5.63 Å². The number of aryl methyl sites for hydroxylation is 2. The van der Waals surface area contributed by atoms with Crippen LogP contribution in [0, 0.1) is 13.8 Å². The van der Waals surface area contributed by atoms with Gasteiger partial charge in [0.15, 0.2) is 0 Å². The fourth-order valence-electron chi connectivity index (χ4n) is 3.05. The highest BCUT2D eigenvalue weighted by Gasteiger charge is 2.15. The molecule has 0 aliphatic heterocycles. The lowest BCUT2D eigenvalue weighted by molar-refractivity contribution is -0.304. The number of methoxy groups -OCH3 is 1. The van der Waals surface area contributed by atoms with Gasteiger partial charge in [-0.05, 0) is 37.6 Å². The number of carbonyl (C=O) groups excluding carboxylic acids is 1. The Kier molecular flexibility index (Phi) is 5.16. The highest BCUT2D eigenvalue weighted by molar-refractivity contribution is 5.86. The van der Waals surface area contributed by atoms with Crippen LogP contribution in [0.3, 0.4) is 0 Å². The van der Waals surface area contributed by atoms with Crippen molar-refractivity contribution in [3.8, 4) is 11.5 Å². The number of hydrogen-bond acceptors (Lipinski definition) is 6. The first-order valence-electron chi connectivity index (χ1n) is 8.42. The predicted molar refractivity (Wildman–Crippen MR) is 98.0 cm³/mol. The zero-order valence-corrected chi connectivity index (χ0v) is 15.3. The number of ether oxygens (including phenoxy) is 2. The van der Waals surface area contributed by atoms with Crippen LogP contribution in [0.4, 0.5) is 0 Å². The number of rotatable bonds is 6. The number of carboxylic acids is 1. The van der Waals surface area contributed by atoms with E-state index in [1.807, 2.05) is 24.3 Å². The van der Waals surface area contributed by atoms with E-state index in [2.05, 4.69) is 0 Å². The van der Waals surface area contributed by atoms with E-state index >= 15 is 0 Å². The number of fused-ring (bicyclic) bond motifs is 1. The van der Waals surface area contributed by atoms with Gasteiger partial charge in [-0.1, -0.05) is 18.2 Å². The fraction of sp³-hybridized carbons (Fsp3) is 0.238. The predicted octanol–water partition coefficient (Wildman–Crippen LogP) is 2.29. The molecule has 0 unspecified atom stereocenters. The van der Waals surface area contributed by atoms with E-state index in [9.17, 15) is 14.7 Å². The molecule has 6 nitrogen and oxygen atoms in total. The molecule has 0 aliphatic carbocycles. The Morgan fingerprint density at radius 1 is 1.07 bits per heavy atom. The molecular weight excluding hydrogens is 348 g/mol. The molecule has 0 aliphatic rings. The Labute approximate surface area is 156 Å². The number of carbonyl (C=O) groups is 1. The van der Waals surface area contributed by atoms with Gasteiger partial charge in [0, 0.05) is 34.5 Å². The van der Waals surface area contributed by atoms with E-state index in [1.54, 1.807) is 33.1 Å². The minimum absolute atomic E-state index is 0.101. The standard InChI is InChI=1S/C21H20O6/c1-12-15-8-9-17(26-11-14-6-4-5-7-18(14)25-3)13(2)20(15)27-21(24)16(12)10-19(22)23/h4-9H,10-11H2,1-3H3,(H,22,23)/p-1. The van der Waals surface area contributed by atoms with Crippen molar-refractivity contribution in [1.29, 1.82) is 0 Å². The number of hydrogen-bond donors (Lipinski definition) is 0. The molecule has 0 saturated carbocycles. The lowest BCUT2D eigenvalue weighted by atomic mass is 10.0. The molecule has 140 valence electrons. The van der Waals surface area contributed by atoms with Crippen LogP contribution in [0.2, 0.25) is 0 Å². The zero-order valence-electron chi connectivity index (χ0n) is 15.3. The summed E-state index contributed by atoms with van der Waals surface area (Å²) in [6.45, 7) is 3.79. The molecule has 1 heterocycles. The Balaban J connectivity index is 1.98. The maximum Gasteiger partial charge on any atom is 0.340 e. The molecule has 6 heteroatoms. The van der Waals surface area contributed by atoms with E-state index in [4.69, 9.17) is 13.9 Å². The largest absolute Gasteiger partial charge is 0.550 e. The lowest BCUT2D eigenvalue weighted by Crippen LogP contribution is -2.27. The first-order chi connectivity index (χ1) is 12.9. The minimum atomic E-state index is -1.32. The third-order valence-corrected chi connectivity index (χ3v) is 4.55. The van der Waals surface area contributed by atoms with Crippen molar-refractivity contribution >= 4 is 16.9 Å². The van der Waals surface area contributed by atoms with Crippen molar-refractivity contribution in [2.24, 2.45) is 0 Å². The molecule has 0 amide bonds. The van der Waals surface area contributed by atoms with Gasteiger partial charge in [0.2, 0.25) is 0 Å². The number of carboxylic acid groups (broad SMARTS) is 1. The molecule has 0 radical (unpaired) electrons. The average Bonchev–Trinajstić information content (AvgIpc) is 2.65. The Hall–Kier alpha value is -3.28. The van der Waals surface area contributed by atoms with Gasteiger partial charge in [-0.3, -0.25) is 0 Å². The summed E-state index contributed by atoms with van der Waals surface area (Å²) in [5, 5.41) is 11.6. The summed E-state index contributed by atoms with van der Waals surface area (Å²) in [7, 11) is 1.60. The van der Waals surface area contributed by atoms with E-state index in [-0.39, 0.29) is 5.56 Å². The average molecular weight is 367 g/mol. The van der Waals surface area contributed by atoms with Gasteiger partial charge in [0.05, 0.1) is 7.11 Å². The molecule has 2 aromatic carbocycles. The van der Waals surface area contributed by atoms with Gasteiger partial charge in [0.25, 0.3) is 0 Å². The molecule has 3 rings (SSSR count). The van der Waals surface area contributed by atoms with Crippen molar-refractivity contribution in [3.05, 3.63) is 69.1 Å². The Morgan fingerprint density at radius 3 is 2.52 bits per heavy atom. The summed E-state index contributed by atoms with van der Waals surface area (Å²) in [6.07, 6.45) is -0.477. The fourth-order valence-corrected chi connectivity index (χ4v) is 3.05. The molecule has 0 bridgehead atoms. The molecule has 3 aromatic rings. The highest BCUT2D eigenvalue weighted by atomic mass is 16.5. The summed E-state index contributed by atoms with van der Waals surface area (Å²) in [5.41, 5.74) is 1.95. The van der Waals surface area contributed by atoms with Crippen LogP contribution in [0.1, 0.15) is 22.3 Å². The second kappa shape index (κ2) is 7.53. The van der Waals surface area contributed by atoms with Gasteiger partial charge in [0.1, 0.15) is 23.7 Å². The highest BCUT2D eigenvalue weighted by Crippen LogP contribution is 2.30. The quantitative estimate of drug-likeness (QED) is 0.621. The van der Waals surface area contributed by atoms with E-state index in [1.165, 1.54) is 0 Å². The van der Waals surface area contributed by atoms with Gasteiger partial charge in [-0.25, -0.2) is 4.79 Å². The number of aliphatic carboxylic acids is 1. The van der Waals surface area contributed by atoms with Crippen molar-refractivity contribution in [2.45, 2.75) is 26.9 Å². The topological polar surface area (TPSA) is 88.8 Å². The molecule has 0 saturated heterocycles. The Bertz CT molecular complexity index is 1060. The van der Waals surface area contributed by atoms with Gasteiger partial charge < -0.3 is 23.8 Å². The monoisotopic (exact) mass is 367 g/mol. The third-order valence-electron chi connectivity index (χ3n) is 4.55. The van der Waals surface area contributed by atoms with Crippen LogP contribution < -0.4 is 20.2 Å². The Morgan fingerprint density at radius 2 is 1.81 bits per heavy atom. The maximum absolute atomic E-state index is 12.2. The number of benzene rings is 2. The van der Waals surface area contributed by atoms with Crippen molar-refractivity contribution in [3.63, 3.8) is 0 Å². The first kappa shape index (κ1) is 18.5. The van der Waals surface area contributed by atoms with Crippen LogP contribution in [-0.2, 0) is 17.8 Å². The second-order valence-corrected chi connectivity index (χ2v) is 6.21. The first-order valence-corrected chi connectivity index (χ1v) is 8.42. The summed E-state index contributed by atoms with van der Waals surface area (Å²) >= 11 is 0. The molecule has 0 atom stereocenters. The van der Waals surface area contributed by atoms with E-state index in [0.717, 1.165) is 11.3 Å². The smallest absolute Gasteiger partial charge is 0.340 e. The lowest BCUT2D eigenvalue weighted by Gasteiger charge is -2.14. The van der Waals surface area contributed by atoms with E-state index < -0.39 is 18.0 Å². The van der Waals surface area contributed by atoms with Crippen LogP contribution in [0.25, 0.3) is 11.0 Å². The van der Waals surface area contributed by atoms with Crippen molar-refractivity contribution in [1.82, 2.24) is 0 Å². The molecule has 0 fully saturated rings. The van der Waals surface area contributed by atoms with Gasteiger partial charge in [-0.15, -0.1) is 0 Å². The SMILES string of the molecule is COc1ccccc1COc1ccc2c(C)c(CC(=O)[O-])c(=O)oc2c1C. The minimum Gasteiger partial charge on any atom is -0.550 e. The third kappa shape index (κ3) is 3.65. The summed E-state index contributed by atoms with van der Waals surface area (Å²) in [6, 6.07) is 11.1. The maximum atomic E-state index is 12.2. The van der Waals surface area contributed by atoms with Crippen molar-refractivity contribution in [2.75, 3.05) is 7.11 Å². The summed E-state index contributed by atoms with van der Waals surface area (Å²) in [5.74, 6) is -0.0212. The summed E-state index contributed by atoms with van der Waals surface area (Å²) < 4.78 is 16.6. The van der Waals surface area contributed by atoms with Gasteiger partial charge in [-0.2, -0.15) is 0 Å². The molecular formula is C21H19O6-. The van der Waals surface area contributed by atoms with Crippen LogP contribution >= 0.6 is 0 Å². The van der Waals surface area contributed by atoms with Crippen LogP contribution in [0.5, 0.6) is 11.5 Å². The zero-order chi connectivity index (χ0) is 19.6. The molecule has 1 aromatic heterocycles. The van der Waals surface area contributed by atoms with Crippen LogP contribution in [0.15, 0.2) is 45.6 Å². The van der Waals surface area contributed by atoms with Crippen molar-refractivity contribution < 1.29 is 23.8 Å². The van der Waals surface area contributed by atoms with E-state index in [0.29, 0.717) is 34.5 Å².